The summed E-state index contributed by atoms with van der Waals surface area (Å²) in [6.45, 7) is 4.34. The molecule has 0 saturated carbocycles. The molecule has 1 heterocycles. The number of hydrogen-bond acceptors (Lipinski definition) is 3. The minimum Gasteiger partial charge on any atom is -0.487 e. The number of para-hydroxylation sites is 2. The molecular formula is C14H21N2O3+. The lowest BCUT2D eigenvalue weighted by atomic mass is 10.3. The molecule has 1 aliphatic rings. The topological polar surface area (TPSA) is 56.8 Å². The first-order chi connectivity index (χ1) is 9.27. The van der Waals surface area contributed by atoms with Gasteiger partial charge in [-0.1, -0.05) is 12.1 Å². The van der Waals surface area contributed by atoms with Crippen molar-refractivity contribution < 1.29 is 14.6 Å². The number of unbranched alkanes of at least 4 members (excludes halogenated alkanes) is 1. The molecule has 0 bridgehead atoms. The zero-order valence-corrected chi connectivity index (χ0v) is 11.1. The Morgan fingerprint density at radius 2 is 1.95 bits per heavy atom. The first-order valence-electron chi connectivity index (χ1n) is 6.97. The van der Waals surface area contributed by atoms with Gasteiger partial charge in [-0.25, -0.2) is 0 Å². The quantitative estimate of drug-likeness (QED) is 0.461. The first kappa shape index (κ1) is 13.8. The van der Waals surface area contributed by atoms with E-state index in [2.05, 4.69) is 0 Å². The fraction of sp³-hybridized carbons (Fsp3) is 0.571. The minimum absolute atomic E-state index is 0.0488. The Morgan fingerprint density at radius 1 is 1.21 bits per heavy atom. The van der Waals surface area contributed by atoms with Crippen molar-refractivity contribution in [1.29, 1.82) is 0 Å². The Morgan fingerprint density at radius 3 is 2.68 bits per heavy atom. The minimum atomic E-state index is -0.399. The molecule has 0 aromatic heterocycles. The highest BCUT2D eigenvalue weighted by atomic mass is 16.6. The molecule has 0 amide bonds. The lowest BCUT2D eigenvalue weighted by molar-refractivity contribution is -0.887. The smallest absolute Gasteiger partial charge is 0.310 e. The van der Waals surface area contributed by atoms with Gasteiger partial charge in [-0.2, -0.15) is 0 Å². The van der Waals surface area contributed by atoms with E-state index >= 15 is 0 Å². The summed E-state index contributed by atoms with van der Waals surface area (Å²) in [4.78, 5) is 12.1. The van der Waals surface area contributed by atoms with Crippen LogP contribution in [0.2, 0.25) is 0 Å². The zero-order chi connectivity index (χ0) is 13.5. The second kappa shape index (κ2) is 7.09. The van der Waals surface area contributed by atoms with Gasteiger partial charge in [-0.15, -0.1) is 0 Å². The van der Waals surface area contributed by atoms with Crippen LogP contribution in [0.4, 0.5) is 5.69 Å². The Labute approximate surface area is 113 Å². The third kappa shape index (κ3) is 4.21. The molecule has 0 atom stereocenters. The van der Waals surface area contributed by atoms with Crippen molar-refractivity contribution in [2.45, 2.75) is 25.7 Å². The van der Waals surface area contributed by atoms with Crippen molar-refractivity contribution in [2.24, 2.45) is 0 Å². The number of quaternary nitrogens is 1. The number of rotatable bonds is 7. The molecule has 0 unspecified atom stereocenters. The number of nitro benzene ring substituents is 1. The molecule has 1 N–H and O–H groups in total. The fourth-order valence-corrected chi connectivity index (χ4v) is 2.51. The predicted molar refractivity (Wildman–Crippen MR) is 72.6 cm³/mol. The molecule has 19 heavy (non-hydrogen) atoms. The van der Waals surface area contributed by atoms with E-state index in [1.54, 1.807) is 23.1 Å². The predicted octanol–water partition coefficient (Wildman–Crippen LogP) is 1.43. The van der Waals surface area contributed by atoms with E-state index in [0.29, 0.717) is 12.4 Å². The van der Waals surface area contributed by atoms with E-state index in [-0.39, 0.29) is 5.69 Å². The van der Waals surface area contributed by atoms with Gasteiger partial charge in [0.05, 0.1) is 31.2 Å². The van der Waals surface area contributed by atoms with Crippen LogP contribution in [0.25, 0.3) is 0 Å². The van der Waals surface area contributed by atoms with Crippen molar-refractivity contribution in [2.75, 3.05) is 26.2 Å². The highest BCUT2D eigenvalue weighted by Crippen LogP contribution is 2.25. The van der Waals surface area contributed by atoms with Gasteiger partial charge in [0.2, 0.25) is 0 Å². The van der Waals surface area contributed by atoms with Gasteiger partial charge >= 0.3 is 5.69 Å². The van der Waals surface area contributed by atoms with Gasteiger partial charge in [0.25, 0.3) is 0 Å². The van der Waals surface area contributed by atoms with Gasteiger partial charge in [-0.05, 0) is 18.9 Å². The molecule has 5 nitrogen and oxygen atoms in total. The van der Waals surface area contributed by atoms with Gasteiger partial charge in [0.1, 0.15) is 0 Å². The monoisotopic (exact) mass is 265 g/mol. The molecule has 0 radical (unpaired) electrons. The van der Waals surface area contributed by atoms with Crippen LogP contribution in [0, 0.1) is 10.1 Å². The molecule has 104 valence electrons. The highest BCUT2D eigenvalue weighted by molar-refractivity contribution is 5.45. The van der Waals surface area contributed by atoms with Crippen molar-refractivity contribution in [3.63, 3.8) is 0 Å². The van der Waals surface area contributed by atoms with E-state index in [4.69, 9.17) is 4.74 Å². The average molecular weight is 265 g/mol. The molecule has 2 rings (SSSR count). The van der Waals surface area contributed by atoms with Gasteiger partial charge < -0.3 is 9.64 Å². The number of nitro groups is 1. The van der Waals surface area contributed by atoms with Gasteiger partial charge in [0.15, 0.2) is 5.75 Å². The first-order valence-corrected chi connectivity index (χ1v) is 6.97. The number of nitrogens with zero attached hydrogens (tertiary/aromatic N) is 1. The lowest BCUT2D eigenvalue weighted by Crippen LogP contribution is -3.09. The summed E-state index contributed by atoms with van der Waals surface area (Å²) >= 11 is 0. The van der Waals surface area contributed by atoms with E-state index < -0.39 is 4.92 Å². The van der Waals surface area contributed by atoms with Crippen LogP contribution >= 0.6 is 0 Å². The summed E-state index contributed by atoms with van der Waals surface area (Å²) in [6.07, 6.45) is 4.77. The van der Waals surface area contributed by atoms with Crippen LogP contribution in [0.15, 0.2) is 24.3 Å². The molecule has 1 saturated heterocycles. The van der Waals surface area contributed by atoms with Crippen LogP contribution in [0.5, 0.6) is 5.75 Å². The fourth-order valence-electron chi connectivity index (χ4n) is 2.51. The summed E-state index contributed by atoms with van der Waals surface area (Å²) in [7, 11) is 0. The molecular weight excluding hydrogens is 244 g/mol. The van der Waals surface area contributed by atoms with Crippen LogP contribution in [-0.4, -0.2) is 31.2 Å². The van der Waals surface area contributed by atoms with Crippen LogP contribution < -0.4 is 9.64 Å². The van der Waals surface area contributed by atoms with Crippen LogP contribution in [0.1, 0.15) is 25.7 Å². The van der Waals surface area contributed by atoms with Crippen molar-refractivity contribution in [1.82, 2.24) is 0 Å². The van der Waals surface area contributed by atoms with E-state index in [0.717, 1.165) is 12.8 Å². The third-order valence-electron chi connectivity index (χ3n) is 3.55. The van der Waals surface area contributed by atoms with Crippen molar-refractivity contribution in [3.8, 4) is 5.75 Å². The van der Waals surface area contributed by atoms with Gasteiger partial charge in [0, 0.05) is 18.9 Å². The molecule has 1 aliphatic heterocycles. The molecule has 5 heteroatoms. The van der Waals surface area contributed by atoms with E-state index in [9.17, 15) is 10.1 Å². The second-order valence-electron chi connectivity index (χ2n) is 4.99. The summed E-state index contributed by atoms with van der Waals surface area (Å²) in [6, 6.07) is 6.55. The summed E-state index contributed by atoms with van der Waals surface area (Å²) < 4.78 is 5.51. The second-order valence-corrected chi connectivity index (χ2v) is 4.99. The summed E-state index contributed by atoms with van der Waals surface area (Å²) in [5, 5.41) is 10.8. The maximum absolute atomic E-state index is 10.8. The highest BCUT2D eigenvalue weighted by Gasteiger charge is 2.15. The Hall–Kier alpha value is -1.62. The molecule has 1 fully saturated rings. The van der Waals surface area contributed by atoms with Crippen molar-refractivity contribution in [3.05, 3.63) is 34.4 Å². The molecule has 1 aromatic rings. The maximum atomic E-state index is 10.8. The Bertz CT molecular complexity index is 417. The molecule has 0 spiro atoms. The Balaban J connectivity index is 1.69. The Kier molecular flexibility index (Phi) is 5.15. The van der Waals surface area contributed by atoms with Crippen molar-refractivity contribution >= 4 is 5.69 Å². The summed E-state index contributed by atoms with van der Waals surface area (Å²) in [5.74, 6) is 0.376. The number of benzene rings is 1. The van der Waals surface area contributed by atoms with Crippen LogP contribution in [-0.2, 0) is 0 Å². The average Bonchev–Trinajstić information content (AvgIpc) is 2.92. The number of hydrogen-bond donors (Lipinski definition) is 1. The number of ether oxygens (including phenoxy) is 1. The third-order valence-corrected chi connectivity index (χ3v) is 3.55. The standard InChI is InChI=1S/C14H20N2O3/c17-16(18)13-7-1-2-8-14(13)19-12-6-5-11-15-9-3-4-10-15/h1-2,7-8H,3-6,9-12H2/p+1. The van der Waals surface area contributed by atoms with E-state index in [1.807, 2.05) is 0 Å². The normalized spacial score (nSPS) is 15.6. The maximum Gasteiger partial charge on any atom is 0.310 e. The zero-order valence-electron chi connectivity index (χ0n) is 11.1. The number of nitrogens with one attached hydrogen (secondary N) is 1. The SMILES string of the molecule is O=[N+]([O-])c1ccccc1OCCCC[NH+]1CCCC1. The van der Waals surface area contributed by atoms with Crippen LogP contribution in [0.3, 0.4) is 0 Å². The molecule has 0 aliphatic carbocycles. The number of likely N-dealkylation sites (tertiary alicyclic amines) is 1. The van der Waals surface area contributed by atoms with E-state index in [1.165, 1.54) is 38.5 Å². The lowest BCUT2D eigenvalue weighted by Gasteiger charge is -2.11. The summed E-state index contributed by atoms with van der Waals surface area (Å²) in [5.41, 5.74) is 0.0488. The molecule has 1 aromatic carbocycles. The van der Waals surface area contributed by atoms with Gasteiger partial charge in [-0.3, -0.25) is 10.1 Å². The largest absolute Gasteiger partial charge is 0.487 e.